The monoisotopic (exact) mass is 678 g/mol. The van der Waals surface area contributed by atoms with Gasteiger partial charge in [-0.05, 0) is 123 Å². The van der Waals surface area contributed by atoms with Gasteiger partial charge in [0.25, 0.3) is 0 Å². The average Bonchev–Trinajstić information content (AvgIpc) is 3.66. The van der Waals surface area contributed by atoms with Gasteiger partial charge < -0.3 is 0 Å². The van der Waals surface area contributed by atoms with Crippen LogP contribution in [0.15, 0.2) is 146 Å². The lowest BCUT2D eigenvalue weighted by Gasteiger charge is -2.31. The molecule has 0 atom stereocenters. The smallest absolute Gasteiger partial charge is 0.0165 e. The minimum absolute atomic E-state index is 0.132. The van der Waals surface area contributed by atoms with Crippen LogP contribution in [0, 0.1) is 0 Å². The molecule has 3 aliphatic rings. The molecule has 0 amide bonds. The molecule has 0 bridgehead atoms. The molecule has 0 saturated carbocycles. The van der Waals surface area contributed by atoms with Gasteiger partial charge in [-0.2, -0.15) is 0 Å². The Morgan fingerprint density at radius 3 is 1.11 bits per heavy atom. The largest absolute Gasteiger partial charge is 0.0622 e. The minimum Gasteiger partial charge on any atom is -0.0622 e. The van der Waals surface area contributed by atoms with Crippen LogP contribution in [0.25, 0.3) is 77.2 Å². The molecular formula is C53H42. The Kier molecular flexibility index (Phi) is 5.96. The zero-order valence-electron chi connectivity index (χ0n) is 31.4. The Morgan fingerprint density at radius 1 is 0.283 bits per heavy atom. The van der Waals surface area contributed by atoms with E-state index >= 15 is 0 Å². The van der Waals surface area contributed by atoms with E-state index in [9.17, 15) is 0 Å². The van der Waals surface area contributed by atoms with E-state index in [1.54, 1.807) is 0 Å². The molecule has 0 saturated heterocycles. The molecule has 0 N–H and O–H groups in total. The van der Waals surface area contributed by atoms with Crippen molar-refractivity contribution in [3.05, 3.63) is 179 Å². The molecule has 0 heteroatoms. The van der Waals surface area contributed by atoms with E-state index in [4.69, 9.17) is 0 Å². The van der Waals surface area contributed by atoms with Crippen molar-refractivity contribution in [3.63, 3.8) is 0 Å². The second kappa shape index (κ2) is 10.2. The number of fused-ring (bicyclic) bond motifs is 14. The molecule has 0 heterocycles. The van der Waals surface area contributed by atoms with Gasteiger partial charge in [0, 0.05) is 16.2 Å². The van der Waals surface area contributed by atoms with E-state index in [0.717, 1.165) is 0 Å². The second-order valence-corrected chi connectivity index (χ2v) is 17.2. The van der Waals surface area contributed by atoms with E-state index in [1.807, 2.05) is 0 Å². The van der Waals surface area contributed by atoms with Crippen molar-refractivity contribution in [1.29, 1.82) is 0 Å². The Balaban J connectivity index is 1.37. The quantitative estimate of drug-likeness (QED) is 0.160. The van der Waals surface area contributed by atoms with Crippen LogP contribution >= 0.6 is 0 Å². The molecule has 0 radical (unpaired) electrons. The first-order valence-corrected chi connectivity index (χ1v) is 19.2. The normalized spacial score (nSPS) is 16.2. The maximum absolute atomic E-state index is 2.61. The summed E-state index contributed by atoms with van der Waals surface area (Å²) in [5.41, 5.74) is 22.0. The van der Waals surface area contributed by atoms with Gasteiger partial charge in [-0.25, -0.2) is 0 Å². The molecule has 0 aromatic heterocycles. The van der Waals surface area contributed by atoms with Gasteiger partial charge in [0.1, 0.15) is 0 Å². The van der Waals surface area contributed by atoms with Gasteiger partial charge >= 0.3 is 0 Å². The first-order chi connectivity index (χ1) is 25.6. The van der Waals surface area contributed by atoms with Crippen molar-refractivity contribution < 1.29 is 0 Å². The van der Waals surface area contributed by atoms with Crippen molar-refractivity contribution in [2.75, 3.05) is 0 Å². The molecule has 53 heavy (non-hydrogen) atoms. The van der Waals surface area contributed by atoms with E-state index in [2.05, 4.69) is 187 Å². The minimum atomic E-state index is -0.233. The first kappa shape index (κ1) is 30.9. The zero-order valence-corrected chi connectivity index (χ0v) is 31.4. The van der Waals surface area contributed by atoms with Crippen LogP contribution in [0.3, 0.4) is 0 Å². The van der Waals surface area contributed by atoms with Gasteiger partial charge in [-0.1, -0.05) is 175 Å². The number of hydrogen-bond acceptors (Lipinski definition) is 0. The van der Waals surface area contributed by atoms with Gasteiger partial charge in [-0.15, -0.1) is 0 Å². The Morgan fingerprint density at radius 2 is 0.642 bits per heavy atom. The Labute approximate surface area is 312 Å². The Bertz CT molecular complexity index is 2880. The second-order valence-electron chi connectivity index (χ2n) is 17.2. The molecule has 0 aliphatic heterocycles. The highest BCUT2D eigenvalue weighted by Gasteiger charge is 2.52. The maximum atomic E-state index is 2.61. The predicted octanol–water partition coefficient (Wildman–Crippen LogP) is 14.2. The third-order valence-corrected chi connectivity index (χ3v) is 13.3. The van der Waals surface area contributed by atoms with Crippen LogP contribution in [0.5, 0.6) is 0 Å². The molecule has 0 fully saturated rings. The van der Waals surface area contributed by atoms with E-state index in [-0.39, 0.29) is 16.2 Å². The highest BCUT2D eigenvalue weighted by Crippen LogP contribution is 2.67. The highest BCUT2D eigenvalue weighted by atomic mass is 14.5. The molecule has 11 rings (SSSR count). The predicted molar refractivity (Wildman–Crippen MR) is 225 cm³/mol. The van der Waals surface area contributed by atoms with Gasteiger partial charge in [-0.3, -0.25) is 0 Å². The first-order valence-electron chi connectivity index (χ1n) is 19.2. The lowest BCUT2D eigenvalue weighted by atomic mass is 9.71. The summed E-state index contributed by atoms with van der Waals surface area (Å²) in [5, 5.41) is 5.24. The van der Waals surface area contributed by atoms with Crippen LogP contribution in [0.4, 0.5) is 0 Å². The lowest BCUT2D eigenvalue weighted by Crippen LogP contribution is -2.22. The summed E-state index contributed by atoms with van der Waals surface area (Å²) in [6, 6.07) is 54.9. The third kappa shape index (κ3) is 3.76. The molecule has 0 unspecified atom stereocenters. The summed E-state index contributed by atoms with van der Waals surface area (Å²) >= 11 is 0. The van der Waals surface area contributed by atoms with Crippen LogP contribution in [0.1, 0.15) is 74.9 Å². The van der Waals surface area contributed by atoms with Crippen molar-refractivity contribution in [2.45, 2.75) is 57.8 Å². The van der Waals surface area contributed by atoms with Gasteiger partial charge in [0.05, 0.1) is 0 Å². The van der Waals surface area contributed by atoms with Crippen LogP contribution < -0.4 is 0 Å². The average molecular weight is 679 g/mol. The van der Waals surface area contributed by atoms with Gasteiger partial charge in [0.2, 0.25) is 0 Å². The highest BCUT2D eigenvalue weighted by molar-refractivity contribution is 6.23. The fraction of sp³-hybridized carbons (Fsp3) is 0.170. The molecule has 3 aliphatic carbocycles. The molecule has 254 valence electrons. The van der Waals surface area contributed by atoms with E-state index in [1.165, 1.54) is 111 Å². The molecule has 8 aromatic rings. The number of hydrogen-bond donors (Lipinski definition) is 0. The maximum Gasteiger partial charge on any atom is 0.0165 e. The SMILES string of the molecule is CC1(C)c2ccccc2-c2c1c1c(c3c2C(C)(C)c2cc4c(-c5ccccc5)c5ccccc5c(-c5ccccc5)c4cc2-3)C(C)(C)c2ccccc2-1. The van der Waals surface area contributed by atoms with E-state index < -0.39 is 0 Å². The van der Waals surface area contributed by atoms with Crippen molar-refractivity contribution in [3.8, 4) is 55.6 Å². The van der Waals surface area contributed by atoms with E-state index in [0.29, 0.717) is 0 Å². The molecular weight excluding hydrogens is 637 g/mol. The van der Waals surface area contributed by atoms with Crippen LogP contribution in [-0.2, 0) is 16.2 Å². The Hall–Kier alpha value is -5.72. The molecule has 0 nitrogen and oxygen atoms in total. The van der Waals surface area contributed by atoms with Gasteiger partial charge in [0.15, 0.2) is 0 Å². The molecule has 8 aromatic carbocycles. The van der Waals surface area contributed by atoms with Crippen molar-refractivity contribution in [1.82, 2.24) is 0 Å². The van der Waals surface area contributed by atoms with Crippen molar-refractivity contribution in [2.24, 2.45) is 0 Å². The topological polar surface area (TPSA) is 0 Å². The lowest BCUT2D eigenvalue weighted by molar-refractivity contribution is 0.636. The summed E-state index contributed by atoms with van der Waals surface area (Å²) in [6.45, 7) is 14.9. The third-order valence-electron chi connectivity index (χ3n) is 13.3. The summed E-state index contributed by atoms with van der Waals surface area (Å²) in [5.74, 6) is 0. The zero-order chi connectivity index (χ0) is 36.0. The number of benzene rings is 8. The summed E-state index contributed by atoms with van der Waals surface area (Å²) in [6.07, 6.45) is 0. The fourth-order valence-corrected chi connectivity index (χ4v) is 11.1. The standard InChI is InChI=1S/C53H42/c1-51(2)40-27-17-16-26-36(40)46-48(51)45-35-25-15-18-28-41(35)52(3,4)49(45)47-39-29-37-38(30-42(39)53(5,6)50(46)47)44(32-21-11-8-12-22-32)34-24-14-13-23-33(34)43(37)31-19-9-7-10-20-31/h7-30H,1-6H3. The summed E-state index contributed by atoms with van der Waals surface area (Å²) in [4.78, 5) is 0. The van der Waals surface area contributed by atoms with Crippen LogP contribution in [0.2, 0.25) is 0 Å². The number of rotatable bonds is 2. The summed E-state index contributed by atoms with van der Waals surface area (Å²) in [7, 11) is 0. The fourth-order valence-electron chi connectivity index (χ4n) is 11.1. The molecule has 0 spiro atoms. The van der Waals surface area contributed by atoms with Crippen LogP contribution in [-0.4, -0.2) is 0 Å². The summed E-state index contributed by atoms with van der Waals surface area (Å²) < 4.78 is 0. The van der Waals surface area contributed by atoms with Crippen molar-refractivity contribution >= 4 is 21.5 Å².